The van der Waals surface area contributed by atoms with Crippen LogP contribution in [0.2, 0.25) is 0 Å². The Balaban J connectivity index is 0.00000256. The predicted octanol–water partition coefficient (Wildman–Crippen LogP) is 3.04. The smallest absolute Gasteiger partial charge is 0.319 e. The van der Waals surface area contributed by atoms with Crippen LogP contribution >= 0.6 is 24.8 Å². The van der Waals surface area contributed by atoms with Crippen molar-refractivity contribution in [2.45, 2.75) is 19.4 Å². The van der Waals surface area contributed by atoms with Crippen LogP contribution in [0.3, 0.4) is 0 Å². The normalized spacial score (nSPS) is 10.9. The summed E-state index contributed by atoms with van der Waals surface area (Å²) in [6.45, 7) is 1.99. The molecule has 0 saturated heterocycles. The van der Waals surface area contributed by atoms with E-state index in [1.807, 2.05) is 42.5 Å². The van der Waals surface area contributed by atoms with E-state index in [-0.39, 0.29) is 37.3 Å². The minimum absolute atomic E-state index is 0. The van der Waals surface area contributed by atoms with Gasteiger partial charge in [-0.05, 0) is 31.0 Å². The maximum Gasteiger partial charge on any atom is 0.319 e. The van der Waals surface area contributed by atoms with Crippen LogP contribution in [0, 0.1) is 0 Å². The molecule has 2 heterocycles. The standard InChI is InChI=1S/C22H25N5O3.2ClH/c1-3-30-21(28)15-24-19(13-16-7-5-4-6-8-16)22(29)27(2)20-14-18(25-26-20)17-9-11-23-12-10-17;;/h4-12,14,19,24H,3,13,15H2,1-2H3,(H,25,26);2*1H. The summed E-state index contributed by atoms with van der Waals surface area (Å²) < 4.78 is 4.97. The Morgan fingerprint density at radius 2 is 1.81 bits per heavy atom. The molecule has 0 spiro atoms. The Labute approximate surface area is 199 Å². The first-order valence-corrected chi connectivity index (χ1v) is 9.74. The number of likely N-dealkylation sites (N-methyl/N-ethyl adjacent to an activating group) is 1. The molecule has 32 heavy (non-hydrogen) atoms. The number of nitrogens with zero attached hydrogens (tertiary/aromatic N) is 3. The molecule has 1 unspecified atom stereocenters. The number of carbonyl (C=O) groups is 2. The largest absolute Gasteiger partial charge is 0.465 e. The molecule has 2 aromatic heterocycles. The van der Waals surface area contributed by atoms with Gasteiger partial charge >= 0.3 is 5.97 Å². The van der Waals surface area contributed by atoms with Gasteiger partial charge in [-0.1, -0.05) is 30.3 Å². The third-order valence-electron chi connectivity index (χ3n) is 4.61. The van der Waals surface area contributed by atoms with Crippen LogP contribution in [0.4, 0.5) is 5.82 Å². The van der Waals surface area contributed by atoms with Crippen molar-refractivity contribution in [3.05, 3.63) is 66.5 Å². The van der Waals surface area contributed by atoms with Gasteiger partial charge in [0.05, 0.1) is 24.9 Å². The molecule has 1 amide bonds. The van der Waals surface area contributed by atoms with E-state index in [1.54, 1.807) is 32.4 Å². The Morgan fingerprint density at radius 3 is 2.47 bits per heavy atom. The van der Waals surface area contributed by atoms with E-state index in [4.69, 9.17) is 4.74 Å². The molecule has 1 atom stereocenters. The van der Waals surface area contributed by atoms with Gasteiger partial charge in [-0.2, -0.15) is 5.10 Å². The molecule has 0 fully saturated rings. The van der Waals surface area contributed by atoms with Crippen molar-refractivity contribution in [2.75, 3.05) is 25.1 Å². The lowest BCUT2D eigenvalue weighted by molar-refractivity contribution is -0.142. The number of aromatic amines is 1. The number of carbonyl (C=O) groups excluding carboxylic acids is 2. The quantitative estimate of drug-likeness (QED) is 0.457. The van der Waals surface area contributed by atoms with Gasteiger partial charge in [-0.3, -0.25) is 29.9 Å². The number of halogens is 2. The Hall–Kier alpha value is -2.94. The van der Waals surface area contributed by atoms with E-state index in [2.05, 4.69) is 20.5 Å². The van der Waals surface area contributed by atoms with Gasteiger partial charge < -0.3 is 4.74 Å². The van der Waals surface area contributed by atoms with Gasteiger partial charge in [-0.15, -0.1) is 24.8 Å². The number of rotatable bonds is 9. The van der Waals surface area contributed by atoms with Crippen molar-refractivity contribution in [1.82, 2.24) is 20.5 Å². The lowest BCUT2D eigenvalue weighted by Crippen LogP contribution is -2.48. The molecule has 0 bridgehead atoms. The Bertz CT molecular complexity index is 970. The van der Waals surface area contributed by atoms with Gasteiger partial charge in [-0.25, -0.2) is 0 Å². The van der Waals surface area contributed by atoms with Crippen LogP contribution in [-0.4, -0.2) is 53.3 Å². The monoisotopic (exact) mass is 479 g/mol. The zero-order valence-corrected chi connectivity index (χ0v) is 19.5. The molecular formula is C22H27Cl2N5O3. The molecule has 0 radical (unpaired) electrons. The first-order valence-electron chi connectivity index (χ1n) is 9.74. The van der Waals surface area contributed by atoms with E-state index < -0.39 is 12.0 Å². The summed E-state index contributed by atoms with van der Waals surface area (Å²) in [6.07, 6.45) is 3.82. The van der Waals surface area contributed by atoms with Gasteiger partial charge in [0.15, 0.2) is 5.82 Å². The molecule has 172 valence electrons. The number of benzene rings is 1. The SMILES string of the molecule is CCOC(=O)CNC(Cc1ccccc1)C(=O)N(C)c1cc(-c2ccncc2)[nH]n1.Cl.Cl. The lowest BCUT2D eigenvalue weighted by atomic mass is 10.0. The number of hydrogen-bond acceptors (Lipinski definition) is 6. The fourth-order valence-corrected chi connectivity index (χ4v) is 3.02. The van der Waals surface area contributed by atoms with Crippen LogP contribution in [0.1, 0.15) is 12.5 Å². The number of hydrogen-bond donors (Lipinski definition) is 2. The van der Waals surface area contributed by atoms with Crippen molar-refractivity contribution in [2.24, 2.45) is 0 Å². The predicted molar refractivity (Wildman–Crippen MR) is 128 cm³/mol. The zero-order valence-electron chi connectivity index (χ0n) is 17.9. The summed E-state index contributed by atoms with van der Waals surface area (Å²) in [5.41, 5.74) is 2.69. The first kappa shape index (κ1) is 27.1. The molecule has 0 aliphatic carbocycles. The summed E-state index contributed by atoms with van der Waals surface area (Å²) in [6, 6.07) is 14.6. The maximum absolute atomic E-state index is 13.2. The summed E-state index contributed by atoms with van der Waals surface area (Å²) in [5.74, 6) is -0.107. The van der Waals surface area contributed by atoms with E-state index in [0.29, 0.717) is 18.8 Å². The highest BCUT2D eigenvalue weighted by Crippen LogP contribution is 2.21. The van der Waals surface area contributed by atoms with Crippen LogP contribution in [0.5, 0.6) is 0 Å². The number of amides is 1. The highest BCUT2D eigenvalue weighted by molar-refractivity contribution is 5.96. The minimum Gasteiger partial charge on any atom is -0.465 e. The van der Waals surface area contributed by atoms with E-state index in [1.165, 1.54) is 4.90 Å². The van der Waals surface area contributed by atoms with Crippen LogP contribution in [0.15, 0.2) is 60.9 Å². The third kappa shape index (κ3) is 7.33. The van der Waals surface area contributed by atoms with Crippen molar-refractivity contribution in [3.63, 3.8) is 0 Å². The van der Waals surface area contributed by atoms with E-state index >= 15 is 0 Å². The lowest BCUT2D eigenvalue weighted by Gasteiger charge is -2.23. The fourth-order valence-electron chi connectivity index (χ4n) is 3.02. The van der Waals surface area contributed by atoms with Crippen molar-refractivity contribution in [1.29, 1.82) is 0 Å². The van der Waals surface area contributed by atoms with Gasteiger partial charge in [0, 0.05) is 31.1 Å². The number of esters is 1. The molecular weight excluding hydrogens is 453 g/mol. The molecule has 0 aliphatic heterocycles. The minimum atomic E-state index is -0.608. The molecule has 2 N–H and O–H groups in total. The molecule has 3 rings (SSSR count). The Morgan fingerprint density at radius 1 is 1.12 bits per heavy atom. The maximum atomic E-state index is 13.2. The topological polar surface area (TPSA) is 100 Å². The van der Waals surface area contributed by atoms with Crippen molar-refractivity contribution in [3.8, 4) is 11.3 Å². The van der Waals surface area contributed by atoms with Crippen LogP contribution < -0.4 is 10.2 Å². The first-order chi connectivity index (χ1) is 14.6. The van der Waals surface area contributed by atoms with E-state index in [0.717, 1.165) is 16.8 Å². The number of anilines is 1. The summed E-state index contributed by atoms with van der Waals surface area (Å²) in [4.78, 5) is 30.5. The number of pyridine rings is 1. The molecule has 0 saturated carbocycles. The molecule has 3 aromatic rings. The second-order valence-electron chi connectivity index (χ2n) is 6.70. The third-order valence-corrected chi connectivity index (χ3v) is 4.61. The highest BCUT2D eigenvalue weighted by atomic mass is 35.5. The second kappa shape index (κ2) is 13.5. The average Bonchev–Trinajstić information content (AvgIpc) is 3.27. The van der Waals surface area contributed by atoms with Crippen molar-refractivity contribution < 1.29 is 14.3 Å². The summed E-state index contributed by atoms with van der Waals surface area (Å²) in [7, 11) is 1.67. The average molecular weight is 480 g/mol. The van der Waals surface area contributed by atoms with Gasteiger partial charge in [0.2, 0.25) is 5.91 Å². The van der Waals surface area contributed by atoms with Crippen LogP contribution in [0.25, 0.3) is 11.3 Å². The summed E-state index contributed by atoms with van der Waals surface area (Å²) >= 11 is 0. The van der Waals surface area contributed by atoms with Crippen molar-refractivity contribution >= 4 is 42.5 Å². The van der Waals surface area contributed by atoms with Gasteiger partial charge in [0.1, 0.15) is 0 Å². The number of ether oxygens (including phenoxy) is 1. The fraction of sp³-hybridized carbons (Fsp3) is 0.273. The Kier molecular flexibility index (Phi) is 11.4. The number of aromatic nitrogens is 3. The number of nitrogens with one attached hydrogen (secondary N) is 2. The molecule has 1 aromatic carbocycles. The van der Waals surface area contributed by atoms with E-state index in [9.17, 15) is 9.59 Å². The summed E-state index contributed by atoms with van der Waals surface area (Å²) in [5, 5.41) is 10.2. The molecule has 8 nitrogen and oxygen atoms in total. The molecule has 10 heteroatoms. The highest BCUT2D eigenvalue weighted by Gasteiger charge is 2.25. The number of H-pyrrole nitrogens is 1. The second-order valence-corrected chi connectivity index (χ2v) is 6.70. The molecule has 0 aliphatic rings. The van der Waals surface area contributed by atoms with Gasteiger partial charge in [0.25, 0.3) is 0 Å². The zero-order chi connectivity index (χ0) is 21.3. The van der Waals surface area contributed by atoms with Crippen LogP contribution in [-0.2, 0) is 20.7 Å².